The van der Waals surface area contributed by atoms with Crippen LogP contribution in [0.5, 0.6) is 0 Å². The van der Waals surface area contributed by atoms with Crippen LogP contribution < -0.4 is 0 Å². The van der Waals surface area contributed by atoms with Gasteiger partial charge in [0.05, 0.1) is 0 Å². The molecule has 0 radical (unpaired) electrons. The van der Waals surface area contributed by atoms with E-state index < -0.39 is 0 Å². The summed E-state index contributed by atoms with van der Waals surface area (Å²) in [6.45, 7) is 4.59. The largest absolute Gasteiger partial charge is 0.0654 e. The number of benzene rings is 1. The first-order valence-corrected chi connectivity index (χ1v) is 8.40. The summed E-state index contributed by atoms with van der Waals surface area (Å²) in [7, 11) is 0. The van der Waals surface area contributed by atoms with Crippen LogP contribution in [0.25, 0.3) is 0 Å². The molecule has 0 saturated carbocycles. The number of hydrogen-bond donors (Lipinski definition) is 0. The minimum atomic E-state index is 0.908. The van der Waals surface area contributed by atoms with Gasteiger partial charge in [-0.3, -0.25) is 0 Å². The Bertz CT molecular complexity index is 288. The average molecular weight is 260 g/mol. The van der Waals surface area contributed by atoms with Crippen molar-refractivity contribution in [1.29, 1.82) is 0 Å². The highest BCUT2D eigenvalue weighted by atomic mass is 14.1. The lowest BCUT2D eigenvalue weighted by atomic mass is 9.89. The fourth-order valence-corrected chi connectivity index (χ4v) is 2.84. The lowest BCUT2D eigenvalue weighted by Crippen LogP contribution is -2.05. The average Bonchev–Trinajstić information content (AvgIpc) is 2.44. The SMILES string of the molecule is CCCCCCC(CCCCC)Cc1ccccc1. The molecule has 108 valence electrons. The van der Waals surface area contributed by atoms with Crippen LogP contribution in [0.3, 0.4) is 0 Å². The smallest absolute Gasteiger partial charge is 0.0250 e. The third-order valence-corrected chi connectivity index (χ3v) is 4.05. The quantitative estimate of drug-likeness (QED) is 0.404. The molecule has 0 aromatic heterocycles. The molecule has 0 aliphatic rings. The van der Waals surface area contributed by atoms with Crippen LogP contribution in [0.4, 0.5) is 0 Å². The Morgan fingerprint density at radius 1 is 0.737 bits per heavy atom. The van der Waals surface area contributed by atoms with Crippen LogP contribution in [0, 0.1) is 5.92 Å². The van der Waals surface area contributed by atoms with Crippen molar-refractivity contribution in [3.05, 3.63) is 35.9 Å². The molecule has 0 saturated heterocycles. The molecular weight excluding hydrogens is 228 g/mol. The molecule has 0 spiro atoms. The van der Waals surface area contributed by atoms with Crippen molar-refractivity contribution < 1.29 is 0 Å². The number of hydrogen-bond acceptors (Lipinski definition) is 0. The van der Waals surface area contributed by atoms with E-state index in [0.717, 1.165) is 5.92 Å². The van der Waals surface area contributed by atoms with Gasteiger partial charge in [-0.15, -0.1) is 0 Å². The normalized spacial score (nSPS) is 12.5. The van der Waals surface area contributed by atoms with Gasteiger partial charge in [-0.25, -0.2) is 0 Å². The summed E-state index contributed by atoms with van der Waals surface area (Å²) < 4.78 is 0. The molecule has 1 atom stereocenters. The number of unbranched alkanes of at least 4 members (excludes halogenated alkanes) is 5. The maximum absolute atomic E-state index is 2.30. The third-order valence-electron chi connectivity index (χ3n) is 4.05. The summed E-state index contributed by atoms with van der Waals surface area (Å²) in [5, 5.41) is 0. The summed E-state index contributed by atoms with van der Waals surface area (Å²) in [5.41, 5.74) is 1.53. The van der Waals surface area contributed by atoms with E-state index in [9.17, 15) is 0 Å². The van der Waals surface area contributed by atoms with E-state index in [1.54, 1.807) is 0 Å². The van der Waals surface area contributed by atoms with Gasteiger partial charge in [0, 0.05) is 0 Å². The Labute approximate surface area is 120 Å². The van der Waals surface area contributed by atoms with Gasteiger partial charge in [0.25, 0.3) is 0 Å². The number of rotatable bonds is 11. The summed E-state index contributed by atoms with van der Waals surface area (Å²) in [6.07, 6.45) is 13.9. The molecule has 0 amide bonds. The zero-order chi connectivity index (χ0) is 13.8. The molecule has 0 nitrogen and oxygen atoms in total. The van der Waals surface area contributed by atoms with E-state index in [0.29, 0.717) is 0 Å². The molecular formula is C19H32. The fourth-order valence-electron chi connectivity index (χ4n) is 2.84. The molecule has 0 bridgehead atoms. The molecule has 1 unspecified atom stereocenters. The van der Waals surface area contributed by atoms with Crippen molar-refractivity contribution in [3.63, 3.8) is 0 Å². The first-order chi connectivity index (χ1) is 9.36. The molecule has 0 fully saturated rings. The van der Waals surface area contributed by atoms with Crippen molar-refractivity contribution in [2.45, 2.75) is 78.1 Å². The monoisotopic (exact) mass is 260 g/mol. The van der Waals surface area contributed by atoms with Gasteiger partial charge in [-0.1, -0.05) is 102 Å². The molecule has 0 aliphatic heterocycles. The van der Waals surface area contributed by atoms with Crippen molar-refractivity contribution in [2.75, 3.05) is 0 Å². The Hall–Kier alpha value is -0.780. The second kappa shape index (κ2) is 11.1. The minimum Gasteiger partial charge on any atom is -0.0654 e. The molecule has 1 rings (SSSR count). The standard InChI is InChI=1S/C19H32/c1-3-5-7-10-14-18(13-9-6-4-2)17-19-15-11-8-12-16-19/h8,11-12,15-16,18H,3-7,9-10,13-14,17H2,1-2H3. The van der Waals surface area contributed by atoms with E-state index in [4.69, 9.17) is 0 Å². The van der Waals surface area contributed by atoms with Crippen molar-refractivity contribution >= 4 is 0 Å². The predicted molar refractivity (Wildman–Crippen MR) is 86.5 cm³/mol. The summed E-state index contributed by atoms with van der Waals surface area (Å²) in [5.74, 6) is 0.908. The summed E-state index contributed by atoms with van der Waals surface area (Å²) in [4.78, 5) is 0. The van der Waals surface area contributed by atoms with E-state index >= 15 is 0 Å². The molecule has 19 heavy (non-hydrogen) atoms. The fraction of sp³-hybridized carbons (Fsp3) is 0.684. The second-order valence-corrected chi connectivity index (χ2v) is 5.90. The van der Waals surface area contributed by atoms with Crippen LogP contribution in [0.15, 0.2) is 30.3 Å². The maximum atomic E-state index is 2.30. The van der Waals surface area contributed by atoms with Gasteiger partial charge in [-0.2, -0.15) is 0 Å². The highest BCUT2D eigenvalue weighted by Gasteiger charge is 2.09. The molecule has 0 heterocycles. The van der Waals surface area contributed by atoms with Crippen molar-refractivity contribution in [3.8, 4) is 0 Å². The lowest BCUT2D eigenvalue weighted by molar-refractivity contribution is 0.406. The Balaban J connectivity index is 2.35. The minimum absolute atomic E-state index is 0.908. The Morgan fingerprint density at radius 3 is 1.95 bits per heavy atom. The van der Waals surface area contributed by atoms with Gasteiger partial charge in [0.2, 0.25) is 0 Å². The molecule has 0 aliphatic carbocycles. The molecule has 0 heteroatoms. The van der Waals surface area contributed by atoms with Crippen LogP contribution in [0.2, 0.25) is 0 Å². The van der Waals surface area contributed by atoms with Crippen LogP contribution >= 0.6 is 0 Å². The topological polar surface area (TPSA) is 0 Å². The zero-order valence-corrected chi connectivity index (χ0v) is 13.0. The summed E-state index contributed by atoms with van der Waals surface area (Å²) >= 11 is 0. The van der Waals surface area contributed by atoms with Crippen molar-refractivity contribution in [2.24, 2.45) is 5.92 Å². The van der Waals surface area contributed by atoms with Gasteiger partial charge in [0.15, 0.2) is 0 Å². The predicted octanol–water partition coefficient (Wildman–Crippen LogP) is 6.40. The lowest BCUT2D eigenvalue weighted by Gasteiger charge is -2.17. The molecule has 0 N–H and O–H groups in total. The van der Waals surface area contributed by atoms with E-state index in [2.05, 4.69) is 44.2 Å². The van der Waals surface area contributed by atoms with Crippen LogP contribution in [0.1, 0.15) is 77.2 Å². The Morgan fingerprint density at radius 2 is 1.32 bits per heavy atom. The molecule has 1 aromatic carbocycles. The first kappa shape index (κ1) is 16.3. The molecule has 1 aromatic rings. The zero-order valence-electron chi connectivity index (χ0n) is 13.0. The van der Waals surface area contributed by atoms with Gasteiger partial charge in [-0.05, 0) is 17.9 Å². The van der Waals surface area contributed by atoms with E-state index in [1.165, 1.54) is 69.8 Å². The summed E-state index contributed by atoms with van der Waals surface area (Å²) in [6, 6.07) is 11.1. The van der Waals surface area contributed by atoms with Crippen LogP contribution in [-0.4, -0.2) is 0 Å². The second-order valence-electron chi connectivity index (χ2n) is 5.90. The van der Waals surface area contributed by atoms with Crippen LogP contribution in [-0.2, 0) is 6.42 Å². The first-order valence-electron chi connectivity index (χ1n) is 8.40. The van der Waals surface area contributed by atoms with E-state index in [1.807, 2.05) is 0 Å². The van der Waals surface area contributed by atoms with Crippen molar-refractivity contribution in [1.82, 2.24) is 0 Å². The third kappa shape index (κ3) is 8.08. The highest BCUT2D eigenvalue weighted by Crippen LogP contribution is 2.22. The van der Waals surface area contributed by atoms with Gasteiger partial charge >= 0.3 is 0 Å². The van der Waals surface area contributed by atoms with Gasteiger partial charge in [0.1, 0.15) is 0 Å². The van der Waals surface area contributed by atoms with Gasteiger partial charge < -0.3 is 0 Å². The van der Waals surface area contributed by atoms with E-state index in [-0.39, 0.29) is 0 Å². The Kier molecular flexibility index (Phi) is 9.49. The highest BCUT2D eigenvalue weighted by molar-refractivity contribution is 5.15. The maximum Gasteiger partial charge on any atom is -0.0250 e.